The number of nitrogens with zero attached hydrogens (tertiary/aromatic N) is 9. The quantitative estimate of drug-likeness (QED) is 0.0601. The van der Waals surface area contributed by atoms with Gasteiger partial charge < -0.3 is 29.0 Å². The number of imidazole rings is 1. The number of hydrogen-bond acceptors (Lipinski definition) is 14. The molecule has 0 radical (unpaired) electrons. The predicted molar refractivity (Wildman–Crippen MR) is 347 cm³/mol. The van der Waals surface area contributed by atoms with Crippen molar-refractivity contribution in [2.24, 2.45) is 0 Å². The number of aromatic nitrogens is 7. The number of nitrogens with one attached hydrogen (secondary N) is 3. The van der Waals surface area contributed by atoms with Crippen molar-refractivity contribution in [1.29, 1.82) is 0 Å². The zero-order chi connectivity index (χ0) is 61.8. The lowest BCUT2D eigenvalue weighted by molar-refractivity contribution is -0.134. The first-order valence-corrected chi connectivity index (χ1v) is 31.3. The van der Waals surface area contributed by atoms with Gasteiger partial charge in [0.25, 0.3) is 0 Å². The highest BCUT2D eigenvalue weighted by atomic mass is 36.0. The zero-order valence-corrected chi connectivity index (χ0v) is 53.5. The number of anilines is 2. The minimum absolute atomic E-state index is 0. The van der Waals surface area contributed by atoms with Crippen LogP contribution in [0.2, 0.25) is 10.0 Å². The van der Waals surface area contributed by atoms with E-state index in [9.17, 15) is 37.3 Å². The molecule has 0 spiro atoms. The fraction of sp³-hybridized carbons (Fsp3) is 0.224. The molecule has 9 aromatic rings. The van der Waals surface area contributed by atoms with Gasteiger partial charge in [0.05, 0.1) is 64.9 Å². The summed E-state index contributed by atoms with van der Waals surface area (Å²) in [7, 11) is 3.16. The Morgan fingerprint density at radius 1 is 0.614 bits per heavy atom. The van der Waals surface area contributed by atoms with E-state index in [1.807, 2.05) is 52.9 Å². The summed E-state index contributed by atoms with van der Waals surface area (Å²) < 4.78 is 50.0. The number of ether oxygens (including phenoxy) is 2. The molecule has 0 fully saturated rings. The minimum atomic E-state index is -3.22. The van der Waals surface area contributed by atoms with Gasteiger partial charge in [-0.15, -0.1) is 0 Å². The third-order valence-corrected chi connectivity index (χ3v) is 13.9. The van der Waals surface area contributed by atoms with E-state index in [0.717, 1.165) is 27.1 Å². The van der Waals surface area contributed by atoms with Gasteiger partial charge in [-0.05, 0) is 92.7 Å². The monoisotopic (exact) mass is 1360 g/mol. The summed E-state index contributed by atoms with van der Waals surface area (Å²) in [6.45, 7) is -0.215. The molecule has 0 aliphatic rings. The number of benzene rings is 4. The Kier molecular flexibility index (Phi) is 28.3. The fourth-order valence-electron chi connectivity index (χ4n) is 8.44. The molecule has 4 aromatic carbocycles. The molecule has 5 amide bonds. The molecule has 0 aliphatic heterocycles. The Labute approximate surface area is 542 Å². The van der Waals surface area contributed by atoms with Crippen LogP contribution in [0.3, 0.4) is 0 Å². The highest BCUT2D eigenvalue weighted by molar-refractivity contribution is 8.24. The average Bonchev–Trinajstić information content (AvgIpc) is 2.92. The van der Waals surface area contributed by atoms with Crippen LogP contribution in [0.5, 0.6) is 0 Å². The Morgan fingerprint density at radius 2 is 1.10 bits per heavy atom. The second-order valence-electron chi connectivity index (χ2n) is 18.8. The van der Waals surface area contributed by atoms with Crippen molar-refractivity contribution >= 4 is 158 Å². The van der Waals surface area contributed by atoms with Gasteiger partial charge in [-0.1, -0.05) is 96.0 Å². The van der Waals surface area contributed by atoms with Crippen LogP contribution in [0.15, 0.2) is 153 Å². The van der Waals surface area contributed by atoms with Gasteiger partial charge in [-0.25, -0.2) is 33.3 Å². The topological polar surface area (TPSA) is 245 Å². The van der Waals surface area contributed by atoms with Gasteiger partial charge in [-0.3, -0.25) is 44.5 Å². The molecule has 0 unspecified atom stereocenters. The SMILES string of the molecule is CN(C(=O)CCc1cccc(F)c1Cl)[C@H](COC(=O)Nc1cc2ccccc2cn1)CC(=O)NCc1cnccn1.CN(C(=O)CCc1cccc(F)c1Cl)[C@H](COC(=O)Nc1cc2ccccc2cn1)Cc1ncc2cnccn12.O=P(Cl)(Cl)Cl.S.S. The van der Waals surface area contributed by atoms with Crippen molar-refractivity contribution in [2.75, 3.05) is 37.9 Å². The lowest BCUT2D eigenvalue weighted by Gasteiger charge is -2.28. The van der Waals surface area contributed by atoms with Crippen LogP contribution in [0, 0.1) is 11.6 Å². The fourth-order valence-corrected chi connectivity index (χ4v) is 8.88. The lowest BCUT2D eigenvalue weighted by atomic mass is 10.1. The number of fused-ring (bicyclic) bond motifs is 3. The summed E-state index contributed by atoms with van der Waals surface area (Å²) in [5.41, 5.74) is 2.40. The van der Waals surface area contributed by atoms with Crippen molar-refractivity contribution in [3.63, 3.8) is 0 Å². The van der Waals surface area contributed by atoms with Gasteiger partial charge in [-0.2, -0.15) is 27.0 Å². The van der Waals surface area contributed by atoms with E-state index in [2.05, 4.69) is 79.6 Å². The summed E-state index contributed by atoms with van der Waals surface area (Å²) >= 11 is 25.9. The van der Waals surface area contributed by atoms with E-state index < -0.39 is 41.1 Å². The minimum Gasteiger partial charge on any atom is -0.447 e. The van der Waals surface area contributed by atoms with Gasteiger partial charge in [0.2, 0.25) is 17.7 Å². The maximum atomic E-state index is 13.8. The first-order valence-electron chi connectivity index (χ1n) is 26.1. The first-order chi connectivity index (χ1) is 41.2. The molecule has 9 rings (SSSR count). The van der Waals surface area contributed by atoms with Crippen molar-refractivity contribution in [3.05, 3.63) is 197 Å². The van der Waals surface area contributed by atoms with E-state index >= 15 is 0 Å². The molecule has 0 saturated carbocycles. The predicted octanol–water partition coefficient (Wildman–Crippen LogP) is 12.9. The van der Waals surface area contributed by atoms with Crippen LogP contribution in [0.1, 0.15) is 41.9 Å². The Balaban J connectivity index is 0.000000291. The Bertz CT molecular complexity index is 3880. The number of halogens is 7. The molecule has 5 aromatic heterocycles. The van der Waals surface area contributed by atoms with Crippen molar-refractivity contribution in [3.8, 4) is 0 Å². The normalized spacial score (nSPS) is 11.4. The van der Waals surface area contributed by atoms with E-state index in [-0.39, 0.29) is 107 Å². The zero-order valence-electron chi connectivity index (χ0n) is 46.8. The molecule has 464 valence electrons. The molecule has 88 heavy (non-hydrogen) atoms. The molecule has 0 bridgehead atoms. The number of amides is 5. The number of aryl methyl sites for hydroxylation is 2. The van der Waals surface area contributed by atoms with Crippen LogP contribution in [0.4, 0.5) is 30.0 Å². The van der Waals surface area contributed by atoms with Gasteiger partial charge in [0, 0.05) is 81.3 Å². The third kappa shape index (κ3) is 22.3. The molecule has 5 heterocycles. The Hall–Kier alpha value is -7.41. The van der Waals surface area contributed by atoms with E-state index in [1.54, 1.807) is 74.6 Å². The largest absolute Gasteiger partial charge is 0.447 e. The van der Waals surface area contributed by atoms with Gasteiger partial charge in [0.1, 0.15) is 42.3 Å². The number of carbonyl (C=O) groups excluding carboxylic acids is 5. The van der Waals surface area contributed by atoms with Crippen molar-refractivity contribution in [1.82, 2.24) is 49.4 Å². The van der Waals surface area contributed by atoms with Crippen molar-refractivity contribution < 1.29 is 46.8 Å². The molecule has 30 heteroatoms. The summed E-state index contributed by atoms with van der Waals surface area (Å²) in [5.74, 6) is -0.706. The van der Waals surface area contributed by atoms with Crippen LogP contribution < -0.4 is 16.0 Å². The molecular weight excluding hydrogens is 1300 g/mol. The molecular formula is C58H58Cl5F2N12O8PS2. The number of pyridine rings is 2. The second-order valence-corrected chi connectivity index (χ2v) is 26.2. The summed E-state index contributed by atoms with van der Waals surface area (Å²) in [5, 5.41) is 8.38. The number of likely N-dealkylation sites (N-methyl/N-ethyl adjacent to an activating group) is 2. The smallest absolute Gasteiger partial charge is 0.412 e. The maximum Gasteiger partial charge on any atom is 0.412 e. The molecule has 20 nitrogen and oxygen atoms in total. The first kappa shape index (κ1) is 71.3. The van der Waals surface area contributed by atoms with Gasteiger partial charge in [0.15, 0.2) is 0 Å². The summed E-state index contributed by atoms with van der Waals surface area (Å²) in [6.07, 6.45) is 13.9. The second kappa shape index (κ2) is 35.0. The summed E-state index contributed by atoms with van der Waals surface area (Å²) in [6, 6.07) is 26.3. The van der Waals surface area contributed by atoms with Crippen LogP contribution in [-0.4, -0.2) is 113 Å². The maximum absolute atomic E-state index is 13.8. The highest BCUT2D eigenvalue weighted by Crippen LogP contribution is 2.61. The third-order valence-electron chi connectivity index (χ3n) is 13.0. The summed E-state index contributed by atoms with van der Waals surface area (Å²) in [4.78, 5) is 92.3. The van der Waals surface area contributed by atoms with E-state index in [1.165, 1.54) is 53.6 Å². The molecule has 0 saturated heterocycles. The highest BCUT2D eigenvalue weighted by Gasteiger charge is 2.27. The van der Waals surface area contributed by atoms with Gasteiger partial charge >= 0.3 is 17.4 Å². The average molecular weight is 1360 g/mol. The van der Waals surface area contributed by atoms with Crippen LogP contribution in [0.25, 0.3) is 27.1 Å². The number of rotatable bonds is 20. The lowest BCUT2D eigenvalue weighted by Crippen LogP contribution is -2.44. The van der Waals surface area contributed by atoms with E-state index in [4.69, 9.17) is 32.7 Å². The molecule has 3 N–H and O–H groups in total. The Morgan fingerprint density at radius 3 is 1.61 bits per heavy atom. The molecule has 0 aliphatic carbocycles. The number of carbonyl (C=O) groups is 5. The van der Waals surface area contributed by atoms with Crippen molar-refractivity contribution in [2.45, 2.75) is 57.2 Å². The standard InChI is InChI=1S/C29H28ClFN6O4.C29H26ClFN6O3.Cl3OP.2H2S/c1-37(27(39)10-9-19-7-4-8-24(31)28(19)30)23(14-26(38)35-17-22-16-32-11-12-33-22)18-41-29(40)36-25-13-20-5-2-3-6-21(20)15-34-25;1-36(27(38)10-9-19-7-4-8-24(31)28(19)30)22(14-26-34-17-23-16-32-11-12-37(23)26)18-40-29(39)35-25-13-20-5-2-3-6-21(20)15-33-25;1-5(2,3)4;;/h2-8,11-13,15-16,23H,9-10,14,17-18H2,1H3,(H,35,38)(H,34,36,40);2-8,11-13,15-17,22H,9-10,14,18H2,1H3,(H,33,35,39);;2*1H2/t23-;22-;;;/m00.../s1. The van der Waals surface area contributed by atoms with Crippen LogP contribution in [-0.2, 0) is 54.2 Å². The number of hydrogen-bond donors (Lipinski definition) is 3. The van der Waals surface area contributed by atoms with Crippen LogP contribution >= 0.6 is 89.1 Å². The molecule has 2 atom stereocenters. The van der Waals surface area contributed by atoms with E-state index in [0.29, 0.717) is 40.7 Å².